The normalized spacial score (nSPS) is 14.8. The number of anilines is 1. The zero-order valence-electron chi connectivity index (χ0n) is 13.0. The standard InChI is InChI=1S/C16H21ClN2O3/c1-12-3-4-14(17)11-15(12)19(13(2)20)6-5-16(21)18-7-9-22-10-8-18/h3-4,11H,5-10H2,1-2H3. The van der Waals surface area contributed by atoms with Crippen molar-refractivity contribution in [2.75, 3.05) is 37.7 Å². The van der Waals surface area contributed by atoms with Crippen LogP contribution in [-0.4, -0.2) is 49.6 Å². The zero-order chi connectivity index (χ0) is 16.1. The predicted molar refractivity (Wildman–Crippen MR) is 86.2 cm³/mol. The first kappa shape index (κ1) is 16.8. The lowest BCUT2D eigenvalue weighted by Gasteiger charge is -2.28. The maximum atomic E-state index is 12.2. The first-order valence-electron chi connectivity index (χ1n) is 7.39. The number of aryl methyl sites for hydroxylation is 1. The Morgan fingerprint density at radius 2 is 2.00 bits per heavy atom. The summed E-state index contributed by atoms with van der Waals surface area (Å²) in [6.45, 7) is 6.17. The molecule has 0 N–H and O–H groups in total. The predicted octanol–water partition coefficient (Wildman–Crippen LogP) is 2.25. The van der Waals surface area contributed by atoms with E-state index in [0.717, 1.165) is 11.3 Å². The number of hydrogen-bond donors (Lipinski definition) is 0. The molecule has 0 bridgehead atoms. The van der Waals surface area contributed by atoms with Crippen molar-refractivity contribution in [2.24, 2.45) is 0 Å². The van der Waals surface area contributed by atoms with Crippen molar-refractivity contribution >= 4 is 29.1 Å². The van der Waals surface area contributed by atoms with Crippen LogP contribution in [-0.2, 0) is 14.3 Å². The number of rotatable bonds is 4. The Hall–Kier alpha value is -1.59. The molecule has 0 aliphatic carbocycles. The molecule has 2 rings (SSSR count). The number of carbonyl (C=O) groups excluding carboxylic acids is 2. The molecule has 1 aromatic rings. The van der Waals surface area contributed by atoms with Gasteiger partial charge in [0.05, 0.1) is 13.2 Å². The number of carbonyl (C=O) groups is 2. The summed E-state index contributed by atoms with van der Waals surface area (Å²) in [5.41, 5.74) is 1.72. The molecule has 1 heterocycles. The second kappa shape index (κ2) is 7.61. The third kappa shape index (κ3) is 4.21. The second-order valence-corrected chi connectivity index (χ2v) is 5.78. The lowest BCUT2D eigenvalue weighted by atomic mass is 10.1. The van der Waals surface area contributed by atoms with Crippen molar-refractivity contribution in [2.45, 2.75) is 20.3 Å². The molecule has 1 aromatic carbocycles. The van der Waals surface area contributed by atoms with Gasteiger partial charge in [-0.25, -0.2) is 0 Å². The third-order valence-electron chi connectivity index (χ3n) is 3.76. The summed E-state index contributed by atoms with van der Waals surface area (Å²) in [5, 5.41) is 0.575. The first-order chi connectivity index (χ1) is 10.5. The Balaban J connectivity index is 2.04. The summed E-state index contributed by atoms with van der Waals surface area (Å²) in [7, 11) is 0. The summed E-state index contributed by atoms with van der Waals surface area (Å²) in [6, 6.07) is 5.42. The summed E-state index contributed by atoms with van der Waals surface area (Å²) < 4.78 is 5.24. The smallest absolute Gasteiger partial charge is 0.224 e. The molecular weight excluding hydrogens is 304 g/mol. The van der Waals surface area contributed by atoms with E-state index in [4.69, 9.17) is 16.3 Å². The van der Waals surface area contributed by atoms with E-state index in [1.807, 2.05) is 13.0 Å². The van der Waals surface area contributed by atoms with Crippen LogP contribution in [0.15, 0.2) is 18.2 Å². The minimum atomic E-state index is -0.0971. The van der Waals surface area contributed by atoms with Gasteiger partial charge in [0.2, 0.25) is 11.8 Å². The average Bonchev–Trinajstić information content (AvgIpc) is 2.51. The quantitative estimate of drug-likeness (QED) is 0.853. The Labute approximate surface area is 135 Å². The fraction of sp³-hybridized carbons (Fsp3) is 0.500. The lowest BCUT2D eigenvalue weighted by molar-refractivity contribution is -0.135. The van der Waals surface area contributed by atoms with Crippen LogP contribution in [0.25, 0.3) is 0 Å². The number of hydrogen-bond acceptors (Lipinski definition) is 3. The van der Waals surface area contributed by atoms with Gasteiger partial charge >= 0.3 is 0 Å². The summed E-state index contributed by atoms with van der Waals surface area (Å²) >= 11 is 6.02. The molecule has 0 spiro atoms. The Bertz CT molecular complexity index is 556. The lowest BCUT2D eigenvalue weighted by Crippen LogP contribution is -2.42. The molecule has 0 radical (unpaired) electrons. The number of halogens is 1. The largest absolute Gasteiger partial charge is 0.378 e. The van der Waals surface area contributed by atoms with E-state index in [-0.39, 0.29) is 11.8 Å². The van der Waals surface area contributed by atoms with Gasteiger partial charge in [0.1, 0.15) is 0 Å². The molecule has 1 saturated heterocycles. The first-order valence-corrected chi connectivity index (χ1v) is 7.76. The van der Waals surface area contributed by atoms with Crippen LogP contribution >= 0.6 is 11.6 Å². The van der Waals surface area contributed by atoms with E-state index in [2.05, 4.69) is 0 Å². The molecule has 0 atom stereocenters. The van der Waals surface area contributed by atoms with Crippen molar-refractivity contribution < 1.29 is 14.3 Å². The van der Waals surface area contributed by atoms with Gasteiger partial charge < -0.3 is 14.5 Å². The maximum Gasteiger partial charge on any atom is 0.224 e. The van der Waals surface area contributed by atoms with E-state index < -0.39 is 0 Å². The van der Waals surface area contributed by atoms with Crippen LogP contribution < -0.4 is 4.90 Å². The van der Waals surface area contributed by atoms with Gasteiger partial charge in [-0.15, -0.1) is 0 Å². The molecule has 2 amide bonds. The monoisotopic (exact) mass is 324 g/mol. The molecule has 22 heavy (non-hydrogen) atoms. The maximum absolute atomic E-state index is 12.2. The molecule has 0 unspecified atom stereocenters. The van der Waals surface area contributed by atoms with Crippen LogP contribution in [0.2, 0.25) is 5.02 Å². The van der Waals surface area contributed by atoms with E-state index >= 15 is 0 Å². The highest BCUT2D eigenvalue weighted by molar-refractivity contribution is 6.31. The van der Waals surface area contributed by atoms with Gasteiger partial charge in [-0.3, -0.25) is 9.59 Å². The van der Waals surface area contributed by atoms with Gasteiger partial charge in [0.15, 0.2) is 0 Å². The highest BCUT2D eigenvalue weighted by Crippen LogP contribution is 2.24. The van der Waals surface area contributed by atoms with Crippen molar-refractivity contribution in [3.8, 4) is 0 Å². The number of amides is 2. The molecule has 5 nitrogen and oxygen atoms in total. The second-order valence-electron chi connectivity index (χ2n) is 5.34. The van der Waals surface area contributed by atoms with Crippen LogP contribution in [0.3, 0.4) is 0 Å². The SMILES string of the molecule is CC(=O)N(CCC(=O)N1CCOCC1)c1cc(Cl)ccc1C. The zero-order valence-corrected chi connectivity index (χ0v) is 13.7. The molecular formula is C16H21ClN2O3. The summed E-state index contributed by atoms with van der Waals surface area (Å²) in [6.07, 6.45) is 0.297. The fourth-order valence-corrected chi connectivity index (χ4v) is 2.67. The minimum absolute atomic E-state index is 0.0502. The van der Waals surface area contributed by atoms with Gasteiger partial charge in [-0.2, -0.15) is 0 Å². The van der Waals surface area contributed by atoms with Crippen molar-refractivity contribution in [1.82, 2.24) is 4.90 Å². The third-order valence-corrected chi connectivity index (χ3v) is 3.99. The molecule has 1 aliphatic heterocycles. The molecule has 0 aromatic heterocycles. The number of ether oxygens (including phenoxy) is 1. The van der Waals surface area contributed by atoms with Crippen molar-refractivity contribution in [3.05, 3.63) is 28.8 Å². The summed E-state index contributed by atoms with van der Waals surface area (Å²) in [5.74, 6) is -0.0469. The highest BCUT2D eigenvalue weighted by atomic mass is 35.5. The Morgan fingerprint density at radius 1 is 1.32 bits per heavy atom. The topological polar surface area (TPSA) is 49.9 Å². The highest BCUT2D eigenvalue weighted by Gasteiger charge is 2.20. The van der Waals surface area contributed by atoms with Crippen LogP contribution in [0, 0.1) is 6.92 Å². The van der Waals surface area contributed by atoms with Gasteiger partial charge in [-0.05, 0) is 24.6 Å². The number of nitrogens with zero attached hydrogens (tertiary/aromatic N) is 2. The molecule has 6 heteroatoms. The van der Waals surface area contributed by atoms with E-state index in [1.165, 1.54) is 6.92 Å². The van der Waals surface area contributed by atoms with Gasteiger partial charge in [0, 0.05) is 43.7 Å². The van der Waals surface area contributed by atoms with Crippen LogP contribution in [0.1, 0.15) is 18.9 Å². The van der Waals surface area contributed by atoms with Gasteiger partial charge in [-0.1, -0.05) is 17.7 Å². The molecule has 1 aliphatic rings. The Kier molecular flexibility index (Phi) is 5.80. The van der Waals surface area contributed by atoms with E-state index in [0.29, 0.717) is 44.3 Å². The van der Waals surface area contributed by atoms with Crippen molar-refractivity contribution in [3.63, 3.8) is 0 Å². The average molecular weight is 325 g/mol. The van der Waals surface area contributed by atoms with Gasteiger partial charge in [0.25, 0.3) is 0 Å². The van der Waals surface area contributed by atoms with Crippen LogP contribution in [0.5, 0.6) is 0 Å². The van der Waals surface area contributed by atoms with Crippen LogP contribution in [0.4, 0.5) is 5.69 Å². The van der Waals surface area contributed by atoms with E-state index in [1.54, 1.807) is 21.9 Å². The fourth-order valence-electron chi connectivity index (χ4n) is 2.50. The Morgan fingerprint density at radius 3 is 2.64 bits per heavy atom. The van der Waals surface area contributed by atoms with E-state index in [9.17, 15) is 9.59 Å². The number of benzene rings is 1. The minimum Gasteiger partial charge on any atom is -0.378 e. The van der Waals surface area contributed by atoms with Crippen molar-refractivity contribution in [1.29, 1.82) is 0 Å². The summed E-state index contributed by atoms with van der Waals surface area (Å²) in [4.78, 5) is 27.5. The molecule has 120 valence electrons. The molecule has 1 fully saturated rings. The number of morpholine rings is 1. The molecule has 0 saturated carbocycles.